The minimum atomic E-state index is -3.52. The number of carbonyl (C=O) groups is 1. The highest BCUT2D eigenvalue weighted by Crippen LogP contribution is 2.22. The number of carbonyl (C=O) groups excluding carboxylic acids is 1. The molecule has 0 unspecified atom stereocenters. The zero-order chi connectivity index (χ0) is 11.5. The molecular formula is C10H11F2NO2. The molecule has 0 fully saturated rings. The topological polar surface area (TPSA) is 52.3 Å². The lowest BCUT2D eigenvalue weighted by Gasteiger charge is -2.12. The molecular weight excluding hydrogens is 204 g/mol. The van der Waals surface area contributed by atoms with E-state index in [1.165, 1.54) is 19.2 Å². The fourth-order valence-electron chi connectivity index (χ4n) is 1.13. The van der Waals surface area contributed by atoms with E-state index in [0.717, 1.165) is 0 Å². The summed E-state index contributed by atoms with van der Waals surface area (Å²) in [6.45, 7) is 0. The van der Waals surface area contributed by atoms with Crippen molar-refractivity contribution in [3.63, 3.8) is 0 Å². The number of alkyl halides is 2. The van der Waals surface area contributed by atoms with Crippen molar-refractivity contribution in [2.45, 2.75) is 12.3 Å². The maximum atomic E-state index is 13.0. The first-order valence-corrected chi connectivity index (χ1v) is 4.26. The predicted molar refractivity (Wildman–Crippen MR) is 50.8 cm³/mol. The van der Waals surface area contributed by atoms with Gasteiger partial charge in [0, 0.05) is 6.42 Å². The fraction of sp³-hybridized carbons (Fsp3) is 0.300. The van der Waals surface area contributed by atoms with Crippen LogP contribution in [0, 0.1) is 0 Å². The van der Waals surface area contributed by atoms with Gasteiger partial charge in [-0.1, -0.05) is 12.1 Å². The molecule has 1 aromatic rings. The molecule has 0 aromatic heterocycles. The van der Waals surface area contributed by atoms with Gasteiger partial charge in [0.1, 0.15) is 5.75 Å². The van der Waals surface area contributed by atoms with Crippen molar-refractivity contribution in [3.8, 4) is 5.75 Å². The Bertz CT molecular complexity index is 366. The number of benzene rings is 1. The van der Waals surface area contributed by atoms with Crippen molar-refractivity contribution < 1.29 is 18.3 Å². The summed E-state index contributed by atoms with van der Waals surface area (Å²) in [7, 11) is 1.44. The third-order valence-corrected chi connectivity index (χ3v) is 1.92. The highest BCUT2D eigenvalue weighted by molar-refractivity contribution is 5.81. The highest BCUT2D eigenvalue weighted by atomic mass is 19.3. The van der Waals surface area contributed by atoms with Gasteiger partial charge in [0.25, 0.3) is 5.91 Å². The molecule has 0 saturated heterocycles. The molecule has 2 N–H and O–H groups in total. The van der Waals surface area contributed by atoms with E-state index in [2.05, 4.69) is 5.73 Å². The Hall–Kier alpha value is -1.65. The molecule has 0 aliphatic carbocycles. The number of hydrogen-bond donors (Lipinski definition) is 1. The van der Waals surface area contributed by atoms with Crippen LogP contribution in [-0.2, 0) is 11.2 Å². The molecule has 82 valence electrons. The first kappa shape index (κ1) is 11.4. The van der Waals surface area contributed by atoms with Crippen molar-refractivity contribution in [3.05, 3.63) is 29.8 Å². The molecule has 1 amide bonds. The molecule has 1 aromatic carbocycles. The van der Waals surface area contributed by atoms with Gasteiger partial charge < -0.3 is 10.5 Å². The summed E-state index contributed by atoms with van der Waals surface area (Å²) >= 11 is 0. The van der Waals surface area contributed by atoms with Crippen LogP contribution < -0.4 is 10.5 Å². The van der Waals surface area contributed by atoms with E-state index in [9.17, 15) is 13.6 Å². The number of nitrogens with two attached hydrogens (primary N) is 1. The molecule has 5 heteroatoms. The van der Waals surface area contributed by atoms with Crippen molar-refractivity contribution >= 4 is 5.91 Å². The maximum absolute atomic E-state index is 13.0. The van der Waals surface area contributed by atoms with E-state index in [1.54, 1.807) is 12.1 Å². The summed E-state index contributed by atoms with van der Waals surface area (Å²) in [5.41, 5.74) is 4.87. The quantitative estimate of drug-likeness (QED) is 0.824. The Morgan fingerprint density at radius 3 is 2.73 bits per heavy atom. The van der Waals surface area contributed by atoms with Gasteiger partial charge in [0.2, 0.25) is 0 Å². The number of primary amides is 1. The molecule has 0 heterocycles. The number of amides is 1. The minimum Gasteiger partial charge on any atom is -0.497 e. The molecule has 1 rings (SSSR count). The van der Waals surface area contributed by atoms with E-state index in [0.29, 0.717) is 11.3 Å². The molecule has 0 aliphatic rings. The van der Waals surface area contributed by atoms with Crippen LogP contribution in [0.4, 0.5) is 8.78 Å². The van der Waals surface area contributed by atoms with E-state index >= 15 is 0 Å². The van der Waals surface area contributed by atoms with Gasteiger partial charge in [0.05, 0.1) is 7.11 Å². The lowest BCUT2D eigenvalue weighted by atomic mass is 10.1. The number of methoxy groups -OCH3 is 1. The first-order chi connectivity index (χ1) is 6.95. The van der Waals surface area contributed by atoms with Crippen LogP contribution in [0.3, 0.4) is 0 Å². The summed E-state index contributed by atoms with van der Waals surface area (Å²) < 4.78 is 30.8. The smallest absolute Gasteiger partial charge is 0.328 e. The van der Waals surface area contributed by atoms with Crippen molar-refractivity contribution in [1.29, 1.82) is 0 Å². The van der Waals surface area contributed by atoms with Gasteiger partial charge in [-0.25, -0.2) is 0 Å². The third-order valence-electron chi connectivity index (χ3n) is 1.92. The number of rotatable bonds is 4. The minimum absolute atomic E-state index is 0.304. The molecule has 0 radical (unpaired) electrons. The third kappa shape index (κ3) is 2.90. The first-order valence-electron chi connectivity index (χ1n) is 4.26. The van der Waals surface area contributed by atoms with Crippen molar-refractivity contribution in [2.24, 2.45) is 5.73 Å². The lowest BCUT2D eigenvalue weighted by molar-refractivity contribution is -0.141. The molecule has 0 bridgehead atoms. The Balaban J connectivity index is 2.85. The standard InChI is InChI=1S/C10H11F2NO2/c1-15-8-4-2-3-7(5-8)6-10(11,12)9(13)14/h2-5H,6H2,1H3,(H2,13,14). The van der Waals surface area contributed by atoms with Crippen LogP contribution in [0.15, 0.2) is 24.3 Å². The van der Waals surface area contributed by atoms with E-state index < -0.39 is 18.3 Å². The monoisotopic (exact) mass is 215 g/mol. The Morgan fingerprint density at radius 1 is 1.53 bits per heavy atom. The normalized spacial score (nSPS) is 11.1. The molecule has 0 atom stereocenters. The van der Waals surface area contributed by atoms with Gasteiger partial charge in [-0.15, -0.1) is 0 Å². The number of halogens is 2. The Morgan fingerprint density at radius 2 is 2.20 bits per heavy atom. The van der Waals surface area contributed by atoms with Gasteiger partial charge in [-0.3, -0.25) is 4.79 Å². The van der Waals surface area contributed by atoms with E-state index in [1.807, 2.05) is 0 Å². The number of ether oxygens (including phenoxy) is 1. The number of hydrogen-bond acceptors (Lipinski definition) is 2. The van der Waals surface area contributed by atoms with Crippen LogP contribution in [0.25, 0.3) is 0 Å². The van der Waals surface area contributed by atoms with Crippen molar-refractivity contribution in [1.82, 2.24) is 0 Å². The average molecular weight is 215 g/mol. The Kier molecular flexibility index (Phi) is 3.24. The summed E-state index contributed by atoms with van der Waals surface area (Å²) in [6, 6.07) is 6.13. The summed E-state index contributed by atoms with van der Waals surface area (Å²) in [6.07, 6.45) is -0.709. The van der Waals surface area contributed by atoms with Crippen LogP contribution in [-0.4, -0.2) is 18.9 Å². The van der Waals surface area contributed by atoms with Crippen LogP contribution in [0.5, 0.6) is 5.75 Å². The van der Waals surface area contributed by atoms with Crippen LogP contribution >= 0.6 is 0 Å². The summed E-state index contributed by atoms with van der Waals surface area (Å²) in [5, 5.41) is 0. The van der Waals surface area contributed by atoms with E-state index in [-0.39, 0.29) is 0 Å². The molecule has 3 nitrogen and oxygen atoms in total. The van der Waals surface area contributed by atoms with E-state index in [4.69, 9.17) is 4.74 Å². The summed E-state index contributed by atoms with van der Waals surface area (Å²) in [5.74, 6) is -4.68. The maximum Gasteiger partial charge on any atom is 0.328 e. The predicted octanol–water partition coefficient (Wildman–Crippen LogP) is 1.36. The largest absolute Gasteiger partial charge is 0.497 e. The SMILES string of the molecule is COc1cccc(CC(F)(F)C(N)=O)c1. The second-order valence-electron chi connectivity index (χ2n) is 3.10. The molecule has 0 saturated carbocycles. The fourth-order valence-corrected chi connectivity index (χ4v) is 1.13. The second kappa shape index (κ2) is 4.25. The van der Waals surface area contributed by atoms with Gasteiger partial charge in [-0.2, -0.15) is 8.78 Å². The second-order valence-corrected chi connectivity index (χ2v) is 3.10. The van der Waals surface area contributed by atoms with Gasteiger partial charge in [-0.05, 0) is 17.7 Å². The van der Waals surface area contributed by atoms with Gasteiger partial charge in [0.15, 0.2) is 0 Å². The highest BCUT2D eigenvalue weighted by Gasteiger charge is 2.36. The lowest BCUT2D eigenvalue weighted by Crippen LogP contribution is -2.37. The molecule has 0 aliphatic heterocycles. The summed E-state index contributed by atoms with van der Waals surface area (Å²) in [4.78, 5) is 10.4. The zero-order valence-electron chi connectivity index (χ0n) is 8.17. The average Bonchev–Trinajstić information content (AvgIpc) is 2.17. The van der Waals surface area contributed by atoms with Gasteiger partial charge >= 0.3 is 5.92 Å². The van der Waals surface area contributed by atoms with Crippen LogP contribution in [0.2, 0.25) is 0 Å². The Labute approximate surface area is 85.8 Å². The molecule has 0 spiro atoms. The zero-order valence-corrected chi connectivity index (χ0v) is 8.17. The van der Waals surface area contributed by atoms with Crippen molar-refractivity contribution in [2.75, 3.05) is 7.11 Å². The van der Waals surface area contributed by atoms with Crippen LogP contribution in [0.1, 0.15) is 5.56 Å². The molecule has 15 heavy (non-hydrogen) atoms.